The Bertz CT molecular complexity index is 601. The number of hydrogen-bond donors (Lipinski definition) is 1. The Labute approximate surface area is 146 Å². The lowest BCUT2D eigenvalue weighted by Crippen LogP contribution is -2.31. The molecular formula is C21H29N3. The average molecular weight is 323 g/mol. The molecule has 1 N–H and O–H groups in total. The third-order valence-corrected chi connectivity index (χ3v) is 4.72. The normalized spacial score (nSPS) is 16.5. The second-order valence-corrected chi connectivity index (χ2v) is 6.99. The van der Waals surface area contributed by atoms with Gasteiger partial charge in [-0.3, -0.25) is 4.90 Å². The molecule has 0 aliphatic carbocycles. The molecule has 3 rings (SSSR count). The summed E-state index contributed by atoms with van der Waals surface area (Å²) in [5.74, 6) is 0. The van der Waals surface area contributed by atoms with Gasteiger partial charge < -0.3 is 10.2 Å². The maximum absolute atomic E-state index is 3.65. The molecule has 1 saturated heterocycles. The molecule has 0 spiro atoms. The second kappa shape index (κ2) is 8.32. The lowest BCUT2D eigenvalue weighted by molar-refractivity contribution is 0.256. The highest BCUT2D eigenvalue weighted by Gasteiger charge is 2.23. The van der Waals surface area contributed by atoms with Gasteiger partial charge in [0.25, 0.3) is 0 Å². The third kappa shape index (κ3) is 4.59. The van der Waals surface area contributed by atoms with Crippen LogP contribution in [0, 0.1) is 0 Å². The first-order valence-corrected chi connectivity index (χ1v) is 8.99. The predicted molar refractivity (Wildman–Crippen MR) is 102 cm³/mol. The number of likely N-dealkylation sites (tertiary alicyclic amines) is 1. The number of benzene rings is 2. The van der Waals surface area contributed by atoms with Crippen LogP contribution in [0.3, 0.4) is 0 Å². The van der Waals surface area contributed by atoms with Gasteiger partial charge in [0.2, 0.25) is 0 Å². The molecule has 128 valence electrons. The van der Waals surface area contributed by atoms with E-state index < -0.39 is 0 Å². The molecule has 1 aliphatic heterocycles. The van der Waals surface area contributed by atoms with E-state index in [2.05, 4.69) is 83.8 Å². The smallest absolute Gasteiger partial charge is 0.0520 e. The lowest BCUT2D eigenvalue weighted by Gasteiger charge is -2.28. The van der Waals surface area contributed by atoms with Gasteiger partial charge in [0, 0.05) is 18.8 Å². The minimum absolute atomic E-state index is 0.454. The molecule has 1 heterocycles. The van der Waals surface area contributed by atoms with Crippen LogP contribution in [0.4, 0.5) is 5.69 Å². The first-order chi connectivity index (χ1) is 11.7. The molecule has 0 amide bonds. The molecule has 0 aromatic heterocycles. The summed E-state index contributed by atoms with van der Waals surface area (Å²) in [4.78, 5) is 4.81. The predicted octanol–water partition coefficient (Wildman–Crippen LogP) is 4.00. The molecule has 1 atom stereocenters. The van der Waals surface area contributed by atoms with Crippen molar-refractivity contribution in [1.29, 1.82) is 0 Å². The van der Waals surface area contributed by atoms with Crippen molar-refractivity contribution in [2.24, 2.45) is 0 Å². The van der Waals surface area contributed by atoms with Gasteiger partial charge in [0.1, 0.15) is 0 Å². The molecule has 1 unspecified atom stereocenters. The van der Waals surface area contributed by atoms with Crippen LogP contribution in [-0.4, -0.2) is 43.5 Å². The van der Waals surface area contributed by atoms with Crippen molar-refractivity contribution in [2.75, 3.05) is 39.0 Å². The minimum Gasteiger partial charge on any atom is -0.383 e. The summed E-state index contributed by atoms with van der Waals surface area (Å²) in [5.41, 5.74) is 3.97. The number of hydrogen-bond acceptors (Lipinski definition) is 3. The van der Waals surface area contributed by atoms with Crippen LogP contribution in [0.15, 0.2) is 54.6 Å². The van der Waals surface area contributed by atoms with Crippen molar-refractivity contribution < 1.29 is 0 Å². The SMILES string of the molecule is CN(C)Cc1ccc(NCC(c2ccccc2)N2CCCC2)cc1. The van der Waals surface area contributed by atoms with Gasteiger partial charge in [-0.1, -0.05) is 42.5 Å². The summed E-state index contributed by atoms with van der Waals surface area (Å²) in [6, 6.07) is 20.2. The minimum atomic E-state index is 0.454. The summed E-state index contributed by atoms with van der Waals surface area (Å²) in [7, 11) is 4.21. The maximum atomic E-state index is 3.65. The van der Waals surface area contributed by atoms with Crippen LogP contribution in [0.5, 0.6) is 0 Å². The van der Waals surface area contributed by atoms with Crippen LogP contribution in [-0.2, 0) is 6.54 Å². The third-order valence-electron chi connectivity index (χ3n) is 4.72. The molecule has 1 fully saturated rings. The first-order valence-electron chi connectivity index (χ1n) is 8.99. The molecule has 24 heavy (non-hydrogen) atoms. The lowest BCUT2D eigenvalue weighted by atomic mass is 10.1. The summed E-state index contributed by atoms with van der Waals surface area (Å²) in [6.07, 6.45) is 2.64. The molecule has 2 aromatic carbocycles. The zero-order valence-electron chi connectivity index (χ0n) is 14.9. The van der Waals surface area contributed by atoms with Gasteiger partial charge in [-0.05, 0) is 63.3 Å². The van der Waals surface area contributed by atoms with E-state index in [9.17, 15) is 0 Å². The van der Waals surface area contributed by atoms with E-state index in [1.165, 1.54) is 42.7 Å². The van der Waals surface area contributed by atoms with E-state index in [-0.39, 0.29) is 0 Å². The van der Waals surface area contributed by atoms with Gasteiger partial charge in [0.15, 0.2) is 0 Å². The molecule has 2 aromatic rings. The van der Waals surface area contributed by atoms with E-state index in [4.69, 9.17) is 0 Å². The first kappa shape index (κ1) is 17.0. The Balaban J connectivity index is 1.65. The van der Waals surface area contributed by atoms with Crippen LogP contribution in [0.2, 0.25) is 0 Å². The number of nitrogens with zero attached hydrogens (tertiary/aromatic N) is 2. The zero-order valence-corrected chi connectivity index (χ0v) is 14.9. The van der Waals surface area contributed by atoms with Crippen LogP contribution < -0.4 is 5.32 Å². The average Bonchev–Trinajstić information content (AvgIpc) is 3.11. The van der Waals surface area contributed by atoms with Gasteiger partial charge >= 0.3 is 0 Å². The van der Waals surface area contributed by atoms with Gasteiger partial charge in [-0.2, -0.15) is 0 Å². The largest absolute Gasteiger partial charge is 0.383 e. The summed E-state index contributed by atoms with van der Waals surface area (Å²) < 4.78 is 0. The van der Waals surface area contributed by atoms with E-state index in [0.717, 1.165) is 13.1 Å². The quantitative estimate of drug-likeness (QED) is 0.831. The Kier molecular flexibility index (Phi) is 5.89. The van der Waals surface area contributed by atoms with Crippen LogP contribution >= 0.6 is 0 Å². The van der Waals surface area contributed by atoms with Gasteiger partial charge in [-0.15, -0.1) is 0 Å². The monoisotopic (exact) mass is 323 g/mol. The van der Waals surface area contributed by atoms with Crippen LogP contribution in [0.1, 0.15) is 30.0 Å². The Morgan fingerprint density at radius 1 is 0.958 bits per heavy atom. The molecule has 3 nitrogen and oxygen atoms in total. The van der Waals surface area contributed by atoms with Crippen molar-refractivity contribution in [2.45, 2.75) is 25.4 Å². The summed E-state index contributed by atoms with van der Waals surface area (Å²) in [6.45, 7) is 4.36. The fraction of sp³-hybridized carbons (Fsp3) is 0.429. The van der Waals surface area contributed by atoms with Crippen molar-refractivity contribution in [3.05, 3.63) is 65.7 Å². The van der Waals surface area contributed by atoms with Crippen molar-refractivity contribution in [1.82, 2.24) is 9.80 Å². The van der Waals surface area contributed by atoms with Gasteiger partial charge in [-0.25, -0.2) is 0 Å². The van der Waals surface area contributed by atoms with E-state index in [1.54, 1.807) is 0 Å². The molecular weight excluding hydrogens is 294 g/mol. The van der Waals surface area contributed by atoms with E-state index in [0.29, 0.717) is 6.04 Å². The molecule has 0 saturated carbocycles. The summed E-state index contributed by atoms with van der Waals surface area (Å²) >= 11 is 0. The highest BCUT2D eigenvalue weighted by atomic mass is 15.2. The van der Waals surface area contributed by atoms with Crippen molar-refractivity contribution in [3.63, 3.8) is 0 Å². The molecule has 1 aliphatic rings. The molecule has 0 bridgehead atoms. The Hall–Kier alpha value is -1.84. The fourth-order valence-corrected chi connectivity index (χ4v) is 3.49. The molecule has 0 radical (unpaired) electrons. The van der Waals surface area contributed by atoms with Crippen LogP contribution in [0.25, 0.3) is 0 Å². The Morgan fingerprint density at radius 2 is 1.62 bits per heavy atom. The van der Waals surface area contributed by atoms with E-state index >= 15 is 0 Å². The van der Waals surface area contributed by atoms with Crippen molar-refractivity contribution >= 4 is 5.69 Å². The van der Waals surface area contributed by atoms with E-state index in [1.807, 2.05) is 0 Å². The second-order valence-electron chi connectivity index (χ2n) is 6.99. The zero-order chi connectivity index (χ0) is 16.8. The topological polar surface area (TPSA) is 18.5 Å². The number of nitrogens with one attached hydrogen (secondary N) is 1. The highest BCUT2D eigenvalue weighted by Crippen LogP contribution is 2.25. The Morgan fingerprint density at radius 3 is 2.25 bits per heavy atom. The highest BCUT2D eigenvalue weighted by molar-refractivity contribution is 5.45. The number of rotatable bonds is 7. The fourth-order valence-electron chi connectivity index (χ4n) is 3.49. The van der Waals surface area contributed by atoms with Crippen molar-refractivity contribution in [3.8, 4) is 0 Å². The number of anilines is 1. The summed E-state index contributed by atoms with van der Waals surface area (Å²) in [5, 5.41) is 3.65. The maximum Gasteiger partial charge on any atom is 0.0520 e. The standard InChI is InChI=1S/C21H29N3/c1-23(2)17-18-10-12-20(13-11-18)22-16-21(24-14-6-7-15-24)19-8-4-3-5-9-19/h3-5,8-13,21-22H,6-7,14-17H2,1-2H3. The van der Waals surface area contributed by atoms with Gasteiger partial charge in [0.05, 0.1) is 6.04 Å². The molecule has 3 heteroatoms.